The smallest absolute Gasteiger partial charge is 0.353 e. The standard InChI is InChI=1S/C20H31N3O4S.ClH/c1-9-16-15(10(2)24)19(25)23(16)17(20(26)27)18(9)28-13-7-14(22-8-13)11-3-5-12(21)6-4-11;/h9-16,22,24H,3-8,21H2,1-2H3,(H,26,27);1H/t9-,10-,11?,12?,13+,14-,15-,16-;/m1./s1. The van der Waals surface area contributed by atoms with Crippen molar-refractivity contribution in [2.75, 3.05) is 6.54 Å². The van der Waals surface area contributed by atoms with Crippen LogP contribution in [0.5, 0.6) is 0 Å². The summed E-state index contributed by atoms with van der Waals surface area (Å²) in [5, 5.41) is 23.7. The van der Waals surface area contributed by atoms with Crippen LogP contribution in [0.1, 0.15) is 46.0 Å². The molecule has 0 aromatic rings. The van der Waals surface area contributed by atoms with Gasteiger partial charge in [-0.25, -0.2) is 4.79 Å². The molecule has 0 bridgehead atoms. The van der Waals surface area contributed by atoms with Gasteiger partial charge in [-0.3, -0.25) is 4.79 Å². The lowest BCUT2D eigenvalue weighted by molar-refractivity contribution is -0.163. The number of nitrogens with zero attached hydrogens (tertiary/aromatic N) is 1. The van der Waals surface area contributed by atoms with Gasteiger partial charge in [0.15, 0.2) is 0 Å². The number of rotatable bonds is 5. The Morgan fingerprint density at radius 2 is 1.97 bits per heavy atom. The monoisotopic (exact) mass is 445 g/mol. The van der Waals surface area contributed by atoms with Gasteiger partial charge in [0, 0.05) is 34.7 Å². The molecule has 4 rings (SSSR count). The zero-order valence-corrected chi connectivity index (χ0v) is 18.5. The van der Waals surface area contributed by atoms with E-state index >= 15 is 0 Å². The highest BCUT2D eigenvalue weighted by Crippen LogP contribution is 2.52. The molecule has 29 heavy (non-hydrogen) atoms. The van der Waals surface area contributed by atoms with Crippen LogP contribution in [-0.4, -0.2) is 63.0 Å². The van der Waals surface area contributed by atoms with E-state index in [1.54, 1.807) is 18.7 Å². The number of β-lactam (4-membered cyclic amide) rings is 1. The molecule has 1 amide bonds. The Morgan fingerprint density at radius 1 is 1.31 bits per heavy atom. The van der Waals surface area contributed by atoms with Crippen molar-refractivity contribution in [1.82, 2.24) is 10.2 Å². The van der Waals surface area contributed by atoms with E-state index in [0.717, 1.165) is 43.6 Å². The summed E-state index contributed by atoms with van der Waals surface area (Å²) in [6.45, 7) is 4.46. The third-order valence-electron chi connectivity index (χ3n) is 7.11. The van der Waals surface area contributed by atoms with Gasteiger partial charge in [0.1, 0.15) is 5.70 Å². The fraction of sp³-hybridized carbons (Fsp3) is 0.800. The van der Waals surface area contributed by atoms with Gasteiger partial charge in [-0.15, -0.1) is 24.2 Å². The fourth-order valence-corrected chi connectivity index (χ4v) is 7.08. The van der Waals surface area contributed by atoms with Gasteiger partial charge in [0.2, 0.25) is 5.91 Å². The highest BCUT2D eigenvalue weighted by atomic mass is 35.5. The number of carbonyl (C=O) groups excluding carboxylic acids is 1. The molecule has 2 saturated heterocycles. The Labute approximate surface area is 182 Å². The molecular weight excluding hydrogens is 414 g/mol. The summed E-state index contributed by atoms with van der Waals surface area (Å²) < 4.78 is 0. The Morgan fingerprint density at radius 3 is 2.55 bits per heavy atom. The van der Waals surface area contributed by atoms with Gasteiger partial charge in [-0.05, 0) is 44.9 Å². The van der Waals surface area contributed by atoms with Crippen LogP contribution in [0.3, 0.4) is 0 Å². The number of thioether (sulfide) groups is 1. The van der Waals surface area contributed by atoms with Gasteiger partial charge < -0.3 is 26.2 Å². The molecule has 7 nitrogen and oxygen atoms in total. The summed E-state index contributed by atoms with van der Waals surface area (Å²) in [4.78, 5) is 26.6. The van der Waals surface area contributed by atoms with Crippen molar-refractivity contribution >= 4 is 36.0 Å². The van der Waals surface area contributed by atoms with Crippen molar-refractivity contribution < 1.29 is 19.8 Å². The molecule has 0 unspecified atom stereocenters. The number of amides is 1. The van der Waals surface area contributed by atoms with E-state index in [2.05, 4.69) is 5.32 Å². The van der Waals surface area contributed by atoms with Gasteiger partial charge in [0.05, 0.1) is 18.1 Å². The third kappa shape index (κ3) is 3.94. The number of nitrogens with one attached hydrogen (secondary N) is 1. The van der Waals surface area contributed by atoms with Crippen LogP contribution in [0.25, 0.3) is 0 Å². The van der Waals surface area contributed by atoms with Crippen molar-refractivity contribution in [2.45, 2.75) is 75.4 Å². The van der Waals surface area contributed by atoms with E-state index in [0.29, 0.717) is 23.3 Å². The number of aliphatic hydroxyl groups excluding tert-OH is 1. The summed E-state index contributed by atoms with van der Waals surface area (Å²) in [5.41, 5.74) is 6.17. The Bertz CT molecular complexity index is 695. The quantitative estimate of drug-likeness (QED) is 0.474. The molecule has 1 saturated carbocycles. The number of carbonyl (C=O) groups is 2. The van der Waals surface area contributed by atoms with E-state index in [9.17, 15) is 19.8 Å². The van der Waals surface area contributed by atoms with Crippen molar-refractivity contribution in [3.05, 3.63) is 10.6 Å². The van der Waals surface area contributed by atoms with Crippen molar-refractivity contribution in [3.63, 3.8) is 0 Å². The minimum absolute atomic E-state index is 0. The first-order valence-corrected chi connectivity index (χ1v) is 11.3. The molecule has 0 radical (unpaired) electrons. The first kappa shape index (κ1) is 22.9. The highest BCUT2D eigenvalue weighted by Gasteiger charge is 2.60. The molecule has 0 spiro atoms. The number of aliphatic carboxylic acids is 1. The number of hydrogen-bond donors (Lipinski definition) is 4. The second-order valence-corrected chi connectivity index (χ2v) is 10.3. The van der Waals surface area contributed by atoms with Crippen LogP contribution in [0.15, 0.2) is 10.6 Å². The van der Waals surface area contributed by atoms with Crippen LogP contribution in [0.4, 0.5) is 0 Å². The number of hydrogen-bond acceptors (Lipinski definition) is 6. The van der Waals surface area contributed by atoms with Crippen LogP contribution in [-0.2, 0) is 9.59 Å². The van der Waals surface area contributed by atoms with Crippen LogP contribution in [0.2, 0.25) is 0 Å². The summed E-state index contributed by atoms with van der Waals surface area (Å²) >= 11 is 1.63. The molecule has 3 heterocycles. The van der Waals surface area contributed by atoms with Crippen LogP contribution in [0, 0.1) is 17.8 Å². The molecular formula is C20H32ClN3O4S. The molecule has 0 aromatic carbocycles. The predicted octanol–water partition coefficient (Wildman–Crippen LogP) is 1.54. The number of halogens is 1. The Hall–Kier alpha value is -0.800. The zero-order chi connectivity index (χ0) is 20.2. The minimum Gasteiger partial charge on any atom is -0.477 e. The predicted molar refractivity (Wildman–Crippen MR) is 115 cm³/mol. The van der Waals surface area contributed by atoms with Gasteiger partial charge in [-0.1, -0.05) is 6.92 Å². The molecule has 6 atom stereocenters. The number of fused-ring (bicyclic) bond motifs is 1. The van der Waals surface area contributed by atoms with E-state index < -0.39 is 18.0 Å². The van der Waals surface area contributed by atoms with Gasteiger partial charge in [0.25, 0.3) is 0 Å². The molecule has 164 valence electrons. The van der Waals surface area contributed by atoms with Crippen LogP contribution >= 0.6 is 24.2 Å². The SMILES string of the molecule is C[C@@H](O)[C@H]1C(=O)N2C(C(=O)O)=C(S[C@@H]3CN[C@@H](C4CCC(N)CC4)C3)[C@H](C)[C@H]12.Cl. The summed E-state index contributed by atoms with van der Waals surface area (Å²) in [6.07, 6.45) is 4.76. The summed E-state index contributed by atoms with van der Waals surface area (Å²) in [6, 6.07) is 0.583. The first-order valence-electron chi connectivity index (χ1n) is 10.4. The molecule has 5 N–H and O–H groups in total. The van der Waals surface area contributed by atoms with E-state index in [4.69, 9.17) is 5.73 Å². The maximum absolute atomic E-state index is 12.4. The molecule has 3 aliphatic heterocycles. The molecule has 1 aliphatic carbocycles. The number of aliphatic hydroxyl groups is 1. The fourth-order valence-electron chi connectivity index (χ4n) is 5.59. The van der Waals surface area contributed by atoms with Crippen molar-refractivity contribution in [1.29, 1.82) is 0 Å². The van der Waals surface area contributed by atoms with Crippen molar-refractivity contribution in [3.8, 4) is 0 Å². The Kier molecular flexibility index (Phi) is 6.90. The van der Waals surface area contributed by atoms with Crippen molar-refractivity contribution in [2.24, 2.45) is 23.5 Å². The average molecular weight is 446 g/mol. The number of carboxylic acid groups (broad SMARTS) is 1. The molecule has 9 heteroatoms. The third-order valence-corrected chi connectivity index (χ3v) is 8.63. The number of nitrogens with two attached hydrogens (primary N) is 1. The first-order chi connectivity index (χ1) is 13.3. The topological polar surface area (TPSA) is 116 Å². The lowest BCUT2D eigenvalue weighted by Gasteiger charge is -2.46. The Balaban J connectivity index is 0.00000240. The summed E-state index contributed by atoms with van der Waals surface area (Å²) in [7, 11) is 0. The zero-order valence-electron chi connectivity index (χ0n) is 16.9. The highest BCUT2D eigenvalue weighted by molar-refractivity contribution is 8.03. The lowest BCUT2D eigenvalue weighted by Crippen LogP contribution is -2.63. The second kappa shape index (κ2) is 8.75. The maximum atomic E-state index is 12.4. The number of carboxylic acids is 1. The van der Waals surface area contributed by atoms with Gasteiger partial charge >= 0.3 is 5.97 Å². The van der Waals surface area contributed by atoms with E-state index in [1.165, 1.54) is 4.90 Å². The van der Waals surface area contributed by atoms with E-state index in [1.807, 2.05) is 6.92 Å². The van der Waals surface area contributed by atoms with Gasteiger partial charge in [-0.2, -0.15) is 0 Å². The van der Waals surface area contributed by atoms with Crippen LogP contribution < -0.4 is 11.1 Å². The molecule has 3 fully saturated rings. The molecule has 0 aromatic heterocycles. The normalized spacial score (nSPS) is 40.3. The minimum atomic E-state index is -1.04. The lowest BCUT2D eigenvalue weighted by atomic mass is 9.79. The van der Waals surface area contributed by atoms with E-state index in [-0.39, 0.29) is 36.0 Å². The molecule has 4 aliphatic rings. The largest absolute Gasteiger partial charge is 0.477 e. The maximum Gasteiger partial charge on any atom is 0.353 e. The summed E-state index contributed by atoms with van der Waals surface area (Å²) in [5.74, 6) is -1.21. The average Bonchev–Trinajstić information content (AvgIpc) is 3.18. The second-order valence-electron chi connectivity index (χ2n) is 8.94.